The van der Waals surface area contributed by atoms with E-state index in [1.54, 1.807) is 6.08 Å². The summed E-state index contributed by atoms with van der Waals surface area (Å²) >= 11 is 0. The Bertz CT molecular complexity index is 1170. The van der Waals surface area contributed by atoms with Crippen LogP contribution >= 0.6 is 0 Å². The first-order chi connectivity index (χ1) is 36.7. The first-order valence-corrected chi connectivity index (χ1v) is 33.9. The highest BCUT2D eigenvalue weighted by Gasteiger charge is 2.18. The van der Waals surface area contributed by atoms with Crippen LogP contribution in [0.2, 0.25) is 0 Å². The summed E-state index contributed by atoms with van der Waals surface area (Å²) in [4.78, 5) is 12.5. The van der Waals surface area contributed by atoms with Gasteiger partial charge in [-0.25, -0.2) is 0 Å². The van der Waals surface area contributed by atoms with Crippen LogP contribution in [0.25, 0.3) is 0 Å². The van der Waals surface area contributed by atoms with E-state index in [9.17, 15) is 15.0 Å². The van der Waals surface area contributed by atoms with Gasteiger partial charge in [0.15, 0.2) is 0 Å². The molecule has 0 aliphatic heterocycles. The average molecular weight is 1040 g/mol. The molecule has 0 saturated heterocycles. The van der Waals surface area contributed by atoms with Crippen molar-refractivity contribution in [2.24, 2.45) is 0 Å². The standard InChI is InChI=1S/C70H133NO3/c1-3-5-7-9-11-13-15-17-19-21-23-25-26-27-28-29-30-31-32-33-34-35-36-37-38-39-40-41-42-43-44-46-48-50-52-54-56-58-60-62-64-66-70(74)71-68(67-72)69(73)65-63-61-59-57-55-53-51-49-47-45-24-22-20-18-16-14-12-10-8-6-4-2/h21,23,47,49,55,57,63,65,68-69,72-73H,3-20,22,24-46,48,50-54,56,58-62,64,66-67H2,1-2H3,(H,71,74)/b23-21-,49-47+,57-55+,65-63+. The zero-order valence-corrected chi connectivity index (χ0v) is 50.4. The molecule has 74 heavy (non-hydrogen) atoms. The van der Waals surface area contributed by atoms with Crippen molar-refractivity contribution in [3.05, 3.63) is 48.6 Å². The Morgan fingerprint density at radius 2 is 0.527 bits per heavy atom. The third-order valence-corrected chi connectivity index (χ3v) is 15.8. The first-order valence-electron chi connectivity index (χ1n) is 33.9. The molecule has 0 aromatic heterocycles. The van der Waals surface area contributed by atoms with Gasteiger partial charge in [0.25, 0.3) is 0 Å². The Hall–Kier alpha value is -1.65. The molecule has 0 aliphatic rings. The summed E-state index contributed by atoms with van der Waals surface area (Å²) < 4.78 is 0. The smallest absolute Gasteiger partial charge is 0.220 e. The predicted molar refractivity (Wildman–Crippen MR) is 331 cm³/mol. The molecule has 0 bridgehead atoms. The van der Waals surface area contributed by atoms with Crippen LogP contribution in [0.4, 0.5) is 0 Å². The number of rotatable bonds is 63. The molecule has 3 N–H and O–H groups in total. The lowest BCUT2D eigenvalue weighted by Crippen LogP contribution is -2.45. The van der Waals surface area contributed by atoms with Crippen LogP contribution in [-0.2, 0) is 4.79 Å². The fourth-order valence-corrected chi connectivity index (χ4v) is 10.6. The summed E-state index contributed by atoms with van der Waals surface area (Å²) in [7, 11) is 0. The second-order valence-electron chi connectivity index (χ2n) is 23.2. The van der Waals surface area contributed by atoms with Crippen molar-refractivity contribution in [1.29, 1.82) is 0 Å². The van der Waals surface area contributed by atoms with Crippen molar-refractivity contribution >= 4 is 5.91 Å². The van der Waals surface area contributed by atoms with Crippen molar-refractivity contribution in [3.8, 4) is 0 Å². The molecule has 2 atom stereocenters. The molecule has 0 saturated carbocycles. The van der Waals surface area contributed by atoms with Crippen molar-refractivity contribution < 1.29 is 15.0 Å². The molecule has 0 aromatic rings. The molecule has 2 unspecified atom stereocenters. The fraction of sp³-hybridized carbons (Fsp3) is 0.871. The Balaban J connectivity index is 3.41. The molecule has 0 spiro atoms. The van der Waals surface area contributed by atoms with Crippen molar-refractivity contribution in [3.63, 3.8) is 0 Å². The number of nitrogens with one attached hydrogen (secondary N) is 1. The minimum Gasteiger partial charge on any atom is -0.394 e. The van der Waals surface area contributed by atoms with Gasteiger partial charge in [-0.05, 0) is 70.6 Å². The number of carbonyl (C=O) groups is 1. The summed E-state index contributed by atoms with van der Waals surface area (Å²) in [6.07, 6.45) is 92.0. The summed E-state index contributed by atoms with van der Waals surface area (Å²) in [5.74, 6) is -0.0712. The summed E-state index contributed by atoms with van der Waals surface area (Å²) in [6.45, 7) is 4.33. The van der Waals surface area contributed by atoms with E-state index in [0.717, 1.165) is 38.5 Å². The molecule has 4 nitrogen and oxygen atoms in total. The van der Waals surface area contributed by atoms with E-state index in [1.165, 1.54) is 315 Å². The Morgan fingerprint density at radius 1 is 0.311 bits per heavy atom. The van der Waals surface area contributed by atoms with Crippen molar-refractivity contribution in [2.75, 3.05) is 6.61 Å². The third-order valence-electron chi connectivity index (χ3n) is 15.8. The zero-order chi connectivity index (χ0) is 53.4. The van der Waals surface area contributed by atoms with Gasteiger partial charge in [0.2, 0.25) is 5.91 Å². The van der Waals surface area contributed by atoms with Crippen LogP contribution in [0.5, 0.6) is 0 Å². The second-order valence-corrected chi connectivity index (χ2v) is 23.2. The molecule has 0 fully saturated rings. The number of hydrogen-bond acceptors (Lipinski definition) is 3. The molecule has 4 heteroatoms. The molecule has 0 aromatic carbocycles. The summed E-state index contributed by atoms with van der Waals surface area (Å²) in [6, 6.07) is -0.646. The van der Waals surface area contributed by atoms with Crippen LogP contribution in [0.3, 0.4) is 0 Å². The normalized spacial score (nSPS) is 13.0. The highest BCUT2D eigenvalue weighted by molar-refractivity contribution is 5.76. The highest BCUT2D eigenvalue weighted by Crippen LogP contribution is 2.18. The second kappa shape index (κ2) is 65.6. The van der Waals surface area contributed by atoms with E-state index < -0.39 is 12.1 Å². The fourth-order valence-electron chi connectivity index (χ4n) is 10.6. The van der Waals surface area contributed by atoms with Crippen molar-refractivity contribution in [2.45, 2.75) is 386 Å². The number of allylic oxidation sites excluding steroid dienone is 7. The largest absolute Gasteiger partial charge is 0.394 e. The molecule has 0 rings (SSSR count). The third kappa shape index (κ3) is 61.2. The van der Waals surface area contributed by atoms with Gasteiger partial charge >= 0.3 is 0 Å². The van der Waals surface area contributed by atoms with Crippen LogP contribution in [0.15, 0.2) is 48.6 Å². The van der Waals surface area contributed by atoms with E-state index in [0.29, 0.717) is 6.42 Å². The minimum atomic E-state index is -0.870. The average Bonchev–Trinajstić information content (AvgIpc) is 3.40. The van der Waals surface area contributed by atoms with Gasteiger partial charge in [-0.1, -0.05) is 345 Å². The maximum absolute atomic E-state index is 12.5. The van der Waals surface area contributed by atoms with E-state index in [2.05, 4.69) is 55.6 Å². The number of hydrogen-bond donors (Lipinski definition) is 3. The first kappa shape index (κ1) is 72.3. The number of aliphatic hydroxyl groups excluding tert-OH is 2. The highest BCUT2D eigenvalue weighted by atomic mass is 16.3. The van der Waals surface area contributed by atoms with E-state index in [4.69, 9.17) is 0 Å². The maximum atomic E-state index is 12.5. The van der Waals surface area contributed by atoms with Gasteiger partial charge in [-0.15, -0.1) is 0 Å². The maximum Gasteiger partial charge on any atom is 0.220 e. The minimum absolute atomic E-state index is 0.0712. The van der Waals surface area contributed by atoms with Crippen LogP contribution < -0.4 is 5.32 Å². The van der Waals surface area contributed by atoms with E-state index in [1.807, 2.05) is 6.08 Å². The van der Waals surface area contributed by atoms with Gasteiger partial charge in [0.05, 0.1) is 18.8 Å². The molecule has 1 amide bonds. The Kier molecular flexibility index (Phi) is 64.2. The lowest BCUT2D eigenvalue weighted by atomic mass is 10.0. The topological polar surface area (TPSA) is 69.6 Å². The predicted octanol–water partition coefficient (Wildman–Crippen LogP) is 22.9. The van der Waals surface area contributed by atoms with Crippen LogP contribution in [-0.4, -0.2) is 34.9 Å². The lowest BCUT2D eigenvalue weighted by Gasteiger charge is -2.19. The number of unbranched alkanes of at least 4 members (excludes halogenated alkanes) is 50. The molecule has 436 valence electrons. The number of carbonyl (C=O) groups excluding carboxylic acids is 1. The lowest BCUT2D eigenvalue weighted by molar-refractivity contribution is -0.123. The molecule has 0 radical (unpaired) electrons. The van der Waals surface area contributed by atoms with Gasteiger partial charge in [-0.3, -0.25) is 4.79 Å². The van der Waals surface area contributed by atoms with Crippen LogP contribution in [0.1, 0.15) is 373 Å². The Labute approximate surface area is 464 Å². The quantitative estimate of drug-likeness (QED) is 0.0420. The zero-order valence-electron chi connectivity index (χ0n) is 50.4. The monoisotopic (exact) mass is 1040 g/mol. The van der Waals surface area contributed by atoms with Gasteiger partial charge in [0.1, 0.15) is 0 Å². The van der Waals surface area contributed by atoms with E-state index in [-0.39, 0.29) is 12.5 Å². The van der Waals surface area contributed by atoms with Gasteiger partial charge in [-0.2, -0.15) is 0 Å². The van der Waals surface area contributed by atoms with Crippen LogP contribution in [0, 0.1) is 0 Å². The Morgan fingerprint density at radius 3 is 0.784 bits per heavy atom. The SMILES string of the molecule is CCCCCCCCCC/C=C\CCCCCCCCCCCCCCCCCCCCCCCCCCCCCCCC(=O)NC(CO)C(O)/C=C/CC/C=C/CC/C=C/CCCCCCCCCCCCC. The number of amides is 1. The molecule has 0 aliphatic carbocycles. The van der Waals surface area contributed by atoms with Gasteiger partial charge < -0.3 is 15.5 Å². The number of aliphatic hydroxyl groups is 2. The summed E-state index contributed by atoms with van der Waals surface area (Å²) in [5.41, 5.74) is 0. The summed E-state index contributed by atoms with van der Waals surface area (Å²) in [5, 5.41) is 23.2. The van der Waals surface area contributed by atoms with Gasteiger partial charge in [0, 0.05) is 6.42 Å². The molecular formula is C70H133NO3. The van der Waals surface area contributed by atoms with Crippen molar-refractivity contribution in [1.82, 2.24) is 5.32 Å². The molecular weight excluding hydrogens is 903 g/mol. The molecule has 0 heterocycles. The van der Waals surface area contributed by atoms with E-state index >= 15 is 0 Å².